The third-order valence-corrected chi connectivity index (χ3v) is 3.87. The maximum absolute atomic E-state index is 6.00. The standard InChI is InChI=1S/C18H24O/c1-5-7-8-9-11-15-12-16-14(4)17(10-6-2)19-18(16)13(15)3/h6,8-10H,5,7,11-12H2,1-4H3/b9-8-,10-6-. The molecule has 1 heterocycles. The summed E-state index contributed by atoms with van der Waals surface area (Å²) in [5.74, 6) is 2.14. The molecular formula is C18H24O. The molecule has 0 bridgehead atoms. The molecule has 1 nitrogen and oxygen atoms in total. The van der Waals surface area contributed by atoms with Gasteiger partial charge >= 0.3 is 0 Å². The summed E-state index contributed by atoms with van der Waals surface area (Å²) in [6.45, 7) is 8.60. The van der Waals surface area contributed by atoms with Crippen LogP contribution in [0.1, 0.15) is 62.7 Å². The second kappa shape index (κ2) is 6.10. The van der Waals surface area contributed by atoms with Gasteiger partial charge in [0.25, 0.3) is 0 Å². The topological polar surface area (TPSA) is 13.1 Å². The van der Waals surface area contributed by atoms with E-state index in [2.05, 4.69) is 39.0 Å². The van der Waals surface area contributed by atoms with Crippen LogP contribution in [-0.4, -0.2) is 0 Å². The predicted octanol–water partition coefficient (Wildman–Crippen LogP) is 5.70. The molecular weight excluding hydrogens is 232 g/mol. The molecule has 0 N–H and O–H groups in total. The number of fused-ring (bicyclic) bond motifs is 1. The molecule has 0 unspecified atom stereocenters. The van der Waals surface area contributed by atoms with Crippen LogP contribution < -0.4 is 0 Å². The Hall–Kier alpha value is -1.50. The van der Waals surface area contributed by atoms with Gasteiger partial charge in [-0.2, -0.15) is 0 Å². The summed E-state index contributed by atoms with van der Waals surface area (Å²) in [4.78, 5) is 0. The van der Waals surface area contributed by atoms with Crippen LogP contribution in [0, 0.1) is 6.92 Å². The molecule has 1 aliphatic rings. The Labute approximate surface area is 116 Å². The lowest BCUT2D eigenvalue weighted by atomic mass is 10.0. The Morgan fingerprint density at radius 3 is 2.63 bits per heavy atom. The fourth-order valence-electron chi connectivity index (χ4n) is 2.64. The molecule has 0 amide bonds. The van der Waals surface area contributed by atoms with E-state index in [0.29, 0.717) is 0 Å². The first kappa shape index (κ1) is 13.9. The van der Waals surface area contributed by atoms with Gasteiger partial charge in [-0.15, -0.1) is 0 Å². The molecule has 0 saturated carbocycles. The summed E-state index contributed by atoms with van der Waals surface area (Å²) in [6.07, 6.45) is 13.2. The van der Waals surface area contributed by atoms with Crippen LogP contribution >= 0.6 is 0 Å². The Morgan fingerprint density at radius 1 is 1.21 bits per heavy atom. The Kier molecular flexibility index (Phi) is 4.47. The summed E-state index contributed by atoms with van der Waals surface area (Å²) in [5.41, 5.74) is 5.55. The molecule has 102 valence electrons. The van der Waals surface area contributed by atoms with E-state index >= 15 is 0 Å². The summed E-state index contributed by atoms with van der Waals surface area (Å²) in [5, 5.41) is 0. The third-order valence-electron chi connectivity index (χ3n) is 3.87. The summed E-state index contributed by atoms with van der Waals surface area (Å²) < 4.78 is 6.00. The smallest absolute Gasteiger partial charge is 0.134 e. The molecule has 0 radical (unpaired) electrons. The zero-order chi connectivity index (χ0) is 13.8. The van der Waals surface area contributed by atoms with Crippen molar-refractivity contribution in [3.63, 3.8) is 0 Å². The molecule has 1 heteroatoms. The largest absolute Gasteiger partial charge is 0.457 e. The molecule has 1 aromatic rings. The number of hydrogen-bond acceptors (Lipinski definition) is 1. The van der Waals surface area contributed by atoms with Crippen molar-refractivity contribution < 1.29 is 4.42 Å². The molecule has 0 saturated heterocycles. The molecule has 1 aliphatic carbocycles. The van der Waals surface area contributed by atoms with Gasteiger partial charge in [-0.3, -0.25) is 0 Å². The Bertz CT molecular complexity index is 538. The van der Waals surface area contributed by atoms with Gasteiger partial charge < -0.3 is 4.42 Å². The van der Waals surface area contributed by atoms with Gasteiger partial charge in [-0.25, -0.2) is 0 Å². The Balaban J connectivity index is 2.18. The lowest BCUT2D eigenvalue weighted by molar-refractivity contribution is 0.540. The van der Waals surface area contributed by atoms with E-state index in [9.17, 15) is 0 Å². The van der Waals surface area contributed by atoms with Crippen molar-refractivity contribution in [3.8, 4) is 0 Å². The minimum atomic E-state index is 1.02. The van der Waals surface area contributed by atoms with Gasteiger partial charge in [-0.05, 0) is 57.2 Å². The van der Waals surface area contributed by atoms with E-state index in [1.54, 1.807) is 0 Å². The SMILES string of the molecule is C/C=C\c1oc2c(c1C)CC(C/C=C\CCC)=C2C. The second-order valence-electron chi connectivity index (χ2n) is 5.27. The zero-order valence-electron chi connectivity index (χ0n) is 12.5. The normalized spacial score (nSPS) is 15.2. The van der Waals surface area contributed by atoms with Gasteiger partial charge in [-0.1, -0.05) is 37.1 Å². The van der Waals surface area contributed by atoms with E-state index in [4.69, 9.17) is 4.42 Å². The lowest BCUT2D eigenvalue weighted by Gasteiger charge is -2.01. The fourth-order valence-corrected chi connectivity index (χ4v) is 2.64. The minimum Gasteiger partial charge on any atom is -0.457 e. The molecule has 0 aliphatic heterocycles. The van der Waals surface area contributed by atoms with E-state index in [1.807, 2.05) is 13.0 Å². The van der Waals surface area contributed by atoms with Crippen LogP contribution in [-0.2, 0) is 6.42 Å². The van der Waals surface area contributed by atoms with Crippen LogP contribution in [0.5, 0.6) is 0 Å². The van der Waals surface area contributed by atoms with Crippen LogP contribution in [0.4, 0.5) is 0 Å². The maximum atomic E-state index is 6.00. The quantitative estimate of drug-likeness (QED) is 0.616. The summed E-state index contributed by atoms with van der Waals surface area (Å²) in [7, 11) is 0. The van der Waals surface area contributed by atoms with E-state index in [1.165, 1.54) is 35.1 Å². The van der Waals surface area contributed by atoms with Gasteiger partial charge in [0, 0.05) is 5.56 Å². The summed E-state index contributed by atoms with van der Waals surface area (Å²) in [6, 6.07) is 0. The Morgan fingerprint density at radius 2 is 2.00 bits per heavy atom. The first-order chi connectivity index (χ1) is 9.19. The van der Waals surface area contributed by atoms with Gasteiger partial charge in [0.15, 0.2) is 0 Å². The van der Waals surface area contributed by atoms with Gasteiger partial charge in [0.1, 0.15) is 11.5 Å². The van der Waals surface area contributed by atoms with Crippen molar-refractivity contribution in [1.82, 2.24) is 0 Å². The van der Waals surface area contributed by atoms with Crippen molar-refractivity contribution in [3.05, 3.63) is 46.4 Å². The average Bonchev–Trinajstić information content (AvgIpc) is 2.86. The first-order valence-corrected chi connectivity index (χ1v) is 7.28. The van der Waals surface area contributed by atoms with Crippen LogP contribution in [0.15, 0.2) is 28.2 Å². The highest BCUT2D eigenvalue weighted by molar-refractivity contribution is 5.74. The molecule has 0 aromatic carbocycles. The molecule has 0 spiro atoms. The van der Waals surface area contributed by atoms with Crippen LogP contribution in [0.25, 0.3) is 11.6 Å². The highest BCUT2D eigenvalue weighted by Crippen LogP contribution is 2.39. The number of allylic oxidation sites excluding steroid dienone is 5. The van der Waals surface area contributed by atoms with E-state index in [0.717, 1.165) is 24.4 Å². The third kappa shape index (κ3) is 2.75. The first-order valence-electron chi connectivity index (χ1n) is 7.28. The molecule has 19 heavy (non-hydrogen) atoms. The fraction of sp³-hybridized carbons (Fsp3) is 0.444. The number of rotatable bonds is 5. The van der Waals surface area contributed by atoms with E-state index < -0.39 is 0 Å². The monoisotopic (exact) mass is 256 g/mol. The molecule has 0 fully saturated rings. The predicted molar refractivity (Wildman–Crippen MR) is 83.1 cm³/mol. The highest BCUT2D eigenvalue weighted by atomic mass is 16.3. The van der Waals surface area contributed by atoms with Gasteiger partial charge in [0.05, 0.1) is 0 Å². The summed E-state index contributed by atoms with van der Waals surface area (Å²) >= 11 is 0. The van der Waals surface area contributed by atoms with Crippen molar-refractivity contribution in [1.29, 1.82) is 0 Å². The molecule has 1 aromatic heterocycles. The van der Waals surface area contributed by atoms with Crippen LogP contribution in [0.3, 0.4) is 0 Å². The van der Waals surface area contributed by atoms with Crippen molar-refractivity contribution in [2.24, 2.45) is 0 Å². The van der Waals surface area contributed by atoms with Crippen molar-refractivity contribution >= 4 is 11.6 Å². The maximum Gasteiger partial charge on any atom is 0.134 e. The van der Waals surface area contributed by atoms with Crippen molar-refractivity contribution in [2.45, 2.75) is 53.4 Å². The van der Waals surface area contributed by atoms with Crippen molar-refractivity contribution in [2.75, 3.05) is 0 Å². The van der Waals surface area contributed by atoms with Crippen LogP contribution in [0.2, 0.25) is 0 Å². The molecule has 2 rings (SSSR count). The second-order valence-corrected chi connectivity index (χ2v) is 5.27. The van der Waals surface area contributed by atoms with Gasteiger partial charge in [0.2, 0.25) is 0 Å². The lowest BCUT2D eigenvalue weighted by Crippen LogP contribution is -1.86. The highest BCUT2D eigenvalue weighted by Gasteiger charge is 2.25. The minimum absolute atomic E-state index is 1.02. The number of hydrogen-bond donors (Lipinski definition) is 0. The number of unbranched alkanes of at least 4 members (excludes halogenated alkanes) is 1. The van der Waals surface area contributed by atoms with E-state index in [-0.39, 0.29) is 0 Å². The molecule has 0 atom stereocenters. The average molecular weight is 256 g/mol. The number of furan rings is 1. The zero-order valence-corrected chi connectivity index (χ0v) is 12.5.